The van der Waals surface area contributed by atoms with E-state index in [4.69, 9.17) is 5.21 Å². The highest BCUT2D eigenvalue weighted by atomic mass is 16.5. The molecule has 0 unspecified atom stereocenters. The highest BCUT2D eigenvalue weighted by molar-refractivity contribution is 5.90. The second kappa shape index (κ2) is 4.84. The monoisotopic (exact) mass is 231 g/mol. The highest BCUT2D eigenvalue weighted by Crippen LogP contribution is 2.19. The SMILES string of the molecule is COC(=O)c1ccc(C2=CCN(O)C=C2)cc1. The lowest BCUT2D eigenvalue weighted by molar-refractivity contribution is -0.0299. The van der Waals surface area contributed by atoms with Gasteiger partial charge in [0.2, 0.25) is 0 Å². The van der Waals surface area contributed by atoms with Crippen LogP contribution in [-0.2, 0) is 4.74 Å². The third-order valence-electron chi connectivity index (χ3n) is 2.56. The molecule has 1 aromatic carbocycles. The Morgan fingerprint density at radius 2 is 2.06 bits per heavy atom. The summed E-state index contributed by atoms with van der Waals surface area (Å²) in [6.45, 7) is 0.463. The number of allylic oxidation sites excluding steroid dienone is 2. The molecule has 0 radical (unpaired) electrons. The first-order chi connectivity index (χ1) is 8.20. The lowest BCUT2D eigenvalue weighted by atomic mass is 10.0. The van der Waals surface area contributed by atoms with E-state index < -0.39 is 0 Å². The van der Waals surface area contributed by atoms with Crippen LogP contribution < -0.4 is 0 Å². The van der Waals surface area contributed by atoms with Crippen molar-refractivity contribution < 1.29 is 14.7 Å². The topological polar surface area (TPSA) is 49.8 Å². The van der Waals surface area contributed by atoms with E-state index in [9.17, 15) is 4.79 Å². The van der Waals surface area contributed by atoms with Gasteiger partial charge >= 0.3 is 5.97 Å². The summed E-state index contributed by atoms with van der Waals surface area (Å²) in [5.41, 5.74) is 2.55. The lowest BCUT2D eigenvalue weighted by Crippen LogP contribution is -2.14. The number of ether oxygens (including phenoxy) is 1. The quantitative estimate of drug-likeness (QED) is 0.792. The maximum Gasteiger partial charge on any atom is 0.337 e. The molecule has 2 rings (SSSR count). The molecule has 1 aromatic rings. The Hall–Kier alpha value is -2.07. The number of hydrogen-bond donors (Lipinski definition) is 1. The molecule has 1 N–H and O–H groups in total. The van der Waals surface area contributed by atoms with Crippen molar-refractivity contribution in [1.29, 1.82) is 0 Å². The number of nitrogens with zero attached hydrogens (tertiary/aromatic N) is 1. The van der Waals surface area contributed by atoms with Gasteiger partial charge in [0.15, 0.2) is 0 Å². The molecule has 4 nitrogen and oxygen atoms in total. The molecule has 0 atom stereocenters. The minimum absolute atomic E-state index is 0.341. The van der Waals surface area contributed by atoms with Crippen molar-refractivity contribution in [3.8, 4) is 0 Å². The molecular weight excluding hydrogens is 218 g/mol. The van der Waals surface area contributed by atoms with Crippen LogP contribution in [0.15, 0.2) is 42.6 Å². The zero-order valence-corrected chi connectivity index (χ0v) is 9.46. The summed E-state index contributed by atoms with van der Waals surface area (Å²) in [7, 11) is 1.36. The first-order valence-electron chi connectivity index (χ1n) is 5.23. The summed E-state index contributed by atoms with van der Waals surface area (Å²) in [5, 5.41) is 10.3. The van der Waals surface area contributed by atoms with Crippen molar-refractivity contribution in [1.82, 2.24) is 5.06 Å². The number of carbonyl (C=O) groups excluding carboxylic acids is 1. The van der Waals surface area contributed by atoms with Crippen LogP contribution >= 0.6 is 0 Å². The van der Waals surface area contributed by atoms with Crippen LogP contribution in [0.3, 0.4) is 0 Å². The minimum Gasteiger partial charge on any atom is -0.465 e. The normalized spacial score (nSPS) is 14.5. The summed E-state index contributed by atoms with van der Waals surface area (Å²) in [6, 6.07) is 7.16. The second-order valence-electron chi connectivity index (χ2n) is 3.67. The Kier molecular flexibility index (Phi) is 3.25. The number of hydrogen-bond acceptors (Lipinski definition) is 4. The third-order valence-corrected chi connectivity index (χ3v) is 2.56. The van der Waals surface area contributed by atoms with Crippen LogP contribution in [0.1, 0.15) is 15.9 Å². The van der Waals surface area contributed by atoms with Gasteiger partial charge in [0.25, 0.3) is 0 Å². The van der Waals surface area contributed by atoms with Crippen molar-refractivity contribution in [2.45, 2.75) is 0 Å². The van der Waals surface area contributed by atoms with E-state index in [1.54, 1.807) is 18.3 Å². The maximum atomic E-state index is 11.3. The molecular formula is C13H13NO3. The largest absolute Gasteiger partial charge is 0.465 e. The van der Waals surface area contributed by atoms with Crippen LogP contribution in [-0.4, -0.2) is 29.9 Å². The highest BCUT2D eigenvalue weighted by Gasteiger charge is 2.07. The van der Waals surface area contributed by atoms with Crippen LogP contribution in [0.2, 0.25) is 0 Å². The summed E-state index contributed by atoms with van der Waals surface area (Å²) in [6.07, 6.45) is 5.33. The predicted molar refractivity (Wildman–Crippen MR) is 63.4 cm³/mol. The summed E-state index contributed by atoms with van der Waals surface area (Å²) < 4.78 is 4.63. The molecule has 0 aromatic heterocycles. The smallest absolute Gasteiger partial charge is 0.337 e. The van der Waals surface area contributed by atoms with Gasteiger partial charge in [0, 0.05) is 6.20 Å². The van der Waals surface area contributed by atoms with E-state index in [0.717, 1.165) is 16.2 Å². The van der Waals surface area contributed by atoms with Crippen molar-refractivity contribution in [2.24, 2.45) is 0 Å². The van der Waals surface area contributed by atoms with Gasteiger partial charge in [-0.15, -0.1) is 0 Å². The maximum absolute atomic E-state index is 11.3. The van der Waals surface area contributed by atoms with Crippen molar-refractivity contribution >= 4 is 11.5 Å². The molecule has 1 heterocycles. The van der Waals surface area contributed by atoms with Gasteiger partial charge in [0.1, 0.15) is 0 Å². The molecule has 0 aliphatic carbocycles. The first kappa shape index (κ1) is 11.4. The fourth-order valence-corrected chi connectivity index (χ4v) is 1.62. The fourth-order valence-electron chi connectivity index (χ4n) is 1.62. The van der Waals surface area contributed by atoms with E-state index in [2.05, 4.69) is 4.74 Å². The summed E-state index contributed by atoms with van der Waals surface area (Å²) in [5.74, 6) is -0.341. The van der Waals surface area contributed by atoms with Crippen LogP contribution in [0.4, 0.5) is 0 Å². The zero-order valence-electron chi connectivity index (χ0n) is 9.46. The van der Waals surface area contributed by atoms with Gasteiger partial charge in [0.05, 0.1) is 19.2 Å². The van der Waals surface area contributed by atoms with Gasteiger partial charge in [-0.1, -0.05) is 18.2 Å². The van der Waals surface area contributed by atoms with Gasteiger partial charge in [-0.2, -0.15) is 0 Å². The number of methoxy groups -OCH3 is 1. The number of hydroxylamine groups is 2. The van der Waals surface area contributed by atoms with Crippen molar-refractivity contribution in [3.05, 3.63) is 53.7 Å². The first-order valence-corrected chi connectivity index (χ1v) is 5.23. The fraction of sp³-hybridized carbons (Fsp3) is 0.154. The summed E-state index contributed by atoms with van der Waals surface area (Å²) in [4.78, 5) is 11.3. The zero-order chi connectivity index (χ0) is 12.3. The van der Waals surface area contributed by atoms with Crippen molar-refractivity contribution in [3.63, 3.8) is 0 Å². The Morgan fingerprint density at radius 3 is 2.59 bits per heavy atom. The van der Waals surface area contributed by atoms with Crippen LogP contribution in [0.25, 0.3) is 5.57 Å². The molecule has 0 amide bonds. The van der Waals surface area contributed by atoms with E-state index in [0.29, 0.717) is 12.1 Å². The van der Waals surface area contributed by atoms with Gasteiger partial charge < -0.3 is 4.74 Å². The molecule has 0 saturated carbocycles. The van der Waals surface area contributed by atoms with E-state index in [1.807, 2.05) is 24.3 Å². The third kappa shape index (κ3) is 2.54. The Balaban J connectivity index is 2.19. The van der Waals surface area contributed by atoms with E-state index in [1.165, 1.54) is 7.11 Å². The molecule has 0 fully saturated rings. The Labute approximate surface area is 99.4 Å². The van der Waals surface area contributed by atoms with E-state index in [-0.39, 0.29) is 5.97 Å². The van der Waals surface area contributed by atoms with Gasteiger partial charge in [-0.05, 0) is 29.3 Å². The van der Waals surface area contributed by atoms with Gasteiger partial charge in [-0.3, -0.25) is 10.3 Å². The Bertz CT molecular complexity index is 474. The second-order valence-corrected chi connectivity index (χ2v) is 3.67. The molecule has 4 heteroatoms. The molecule has 1 aliphatic heterocycles. The lowest BCUT2D eigenvalue weighted by Gasteiger charge is -2.15. The number of esters is 1. The number of carbonyl (C=O) groups is 1. The van der Waals surface area contributed by atoms with E-state index >= 15 is 0 Å². The molecule has 17 heavy (non-hydrogen) atoms. The average Bonchev–Trinajstić information content (AvgIpc) is 2.39. The molecule has 0 bridgehead atoms. The Morgan fingerprint density at radius 1 is 1.35 bits per heavy atom. The molecule has 88 valence electrons. The summed E-state index contributed by atoms with van der Waals surface area (Å²) >= 11 is 0. The van der Waals surface area contributed by atoms with Crippen LogP contribution in [0, 0.1) is 0 Å². The van der Waals surface area contributed by atoms with Crippen molar-refractivity contribution in [2.75, 3.05) is 13.7 Å². The standard InChI is InChI=1S/C13H13NO3/c1-17-13(15)12-4-2-10(3-5-12)11-6-8-14(16)9-7-11/h2-8,16H,9H2,1H3. The minimum atomic E-state index is -0.341. The molecule has 0 spiro atoms. The molecule has 0 saturated heterocycles. The van der Waals surface area contributed by atoms with Crippen LogP contribution in [0.5, 0.6) is 0 Å². The number of rotatable bonds is 2. The van der Waals surface area contributed by atoms with Gasteiger partial charge in [-0.25, -0.2) is 4.79 Å². The average molecular weight is 231 g/mol. The molecule has 1 aliphatic rings. The predicted octanol–water partition coefficient (Wildman–Crippen LogP) is 2.08. The number of benzene rings is 1.